The van der Waals surface area contributed by atoms with Gasteiger partial charge >= 0.3 is 0 Å². The van der Waals surface area contributed by atoms with E-state index >= 15 is 0 Å². The largest absolute Gasteiger partial charge is 0.370 e. The van der Waals surface area contributed by atoms with Gasteiger partial charge in [-0.05, 0) is 44.5 Å². The molecule has 0 bridgehead atoms. The van der Waals surface area contributed by atoms with Crippen LogP contribution < -0.4 is 10.6 Å². The smallest absolute Gasteiger partial charge is 0.0423 e. The number of halogens is 1. The van der Waals surface area contributed by atoms with Crippen LogP contribution in [0.25, 0.3) is 0 Å². The normalized spacial score (nSPS) is 24.3. The van der Waals surface area contributed by atoms with E-state index in [4.69, 9.17) is 5.73 Å². The summed E-state index contributed by atoms with van der Waals surface area (Å²) in [6, 6.07) is 7.15. The Kier molecular flexibility index (Phi) is 4.64. The van der Waals surface area contributed by atoms with E-state index in [1.54, 1.807) is 0 Å². The maximum absolute atomic E-state index is 5.93. The molecule has 2 aliphatic heterocycles. The minimum absolute atomic E-state index is 0.599. The fraction of sp³-hybridized carbons (Fsp3) is 0.625. The number of hydrogen-bond acceptors (Lipinski definition) is 3. The van der Waals surface area contributed by atoms with Crippen LogP contribution in [0.5, 0.6) is 0 Å². The molecule has 3 nitrogen and oxygen atoms in total. The highest BCUT2D eigenvalue weighted by molar-refractivity contribution is 9.10. The lowest BCUT2D eigenvalue weighted by molar-refractivity contribution is 0.175. The zero-order chi connectivity index (χ0) is 13.9. The van der Waals surface area contributed by atoms with Crippen molar-refractivity contribution in [3.05, 3.63) is 28.2 Å². The second-order valence-electron chi connectivity index (χ2n) is 5.93. The fourth-order valence-electron chi connectivity index (χ4n) is 3.59. The summed E-state index contributed by atoms with van der Waals surface area (Å²) in [7, 11) is 0. The molecule has 20 heavy (non-hydrogen) atoms. The van der Waals surface area contributed by atoms with E-state index in [-0.39, 0.29) is 0 Å². The van der Waals surface area contributed by atoms with Crippen molar-refractivity contribution in [2.24, 2.45) is 5.73 Å². The van der Waals surface area contributed by atoms with E-state index in [9.17, 15) is 0 Å². The number of rotatable bonds is 3. The minimum Gasteiger partial charge on any atom is -0.370 e. The Morgan fingerprint density at radius 3 is 2.70 bits per heavy atom. The monoisotopic (exact) mass is 337 g/mol. The van der Waals surface area contributed by atoms with Crippen LogP contribution >= 0.6 is 15.9 Å². The molecule has 2 saturated heterocycles. The SMILES string of the molecule is NCc1c(Br)cccc1N1CCC(N2CCCCC2)C1. The molecule has 1 unspecified atom stereocenters. The van der Waals surface area contributed by atoms with Crippen molar-refractivity contribution in [3.8, 4) is 0 Å². The van der Waals surface area contributed by atoms with Crippen LogP contribution in [0.2, 0.25) is 0 Å². The molecule has 2 N–H and O–H groups in total. The maximum atomic E-state index is 5.93. The summed E-state index contributed by atoms with van der Waals surface area (Å²) in [5.41, 5.74) is 8.49. The molecule has 4 heteroatoms. The molecular weight excluding hydrogens is 314 g/mol. The van der Waals surface area contributed by atoms with Crippen LogP contribution in [0, 0.1) is 0 Å². The quantitative estimate of drug-likeness (QED) is 0.920. The van der Waals surface area contributed by atoms with Gasteiger partial charge in [0.05, 0.1) is 0 Å². The van der Waals surface area contributed by atoms with E-state index in [1.807, 2.05) is 0 Å². The van der Waals surface area contributed by atoms with E-state index < -0.39 is 0 Å². The maximum Gasteiger partial charge on any atom is 0.0423 e. The van der Waals surface area contributed by atoms with Crippen molar-refractivity contribution in [2.45, 2.75) is 38.3 Å². The number of nitrogens with two attached hydrogens (primary N) is 1. The van der Waals surface area contributed by atoms with Crippen LogP contribution in [0.1, 0.15) is 31.2 Å². The lowest BCUT2D eigenvalue weighted by Crippen LogP contribution is -2.41. The Bertz CT molecular complexity index is 457. The van der Waals surface area contributed by atoms with Crippen LogP contribution in [-0.4, -0.2) is 37.1 Å². The van der Waals surface area contributed by atoms with Gasteiger partial charge < -0.3 is 10.6 Å². The van der Waals surface area contributed by atoms with Gasteiger partial charge in [-0.3, -0.25) is 4.90 Å². The third kappa shape index (κ3) is 2.87. The molecule has 0 spiro atoms. The highest BCUT2D eigenvalue weighted by Gasteiger charge is 2.29. The third-order valence-electron chi connectivity index (χ3n) is 4.71. The molecule has 0 radical (unpaired) electrons. The van der Waals surface area contributed by atoms with Gasteiger partial charge in [-0.25, -0.2) is 0 Å². The summed E-state index contributed by atoms with van der Waals surface area (Å²) in [5, 5.41) is 0. The first-order valence-electron chi connectivity index (χ1n) is 7.76. The minimum atomic E-state index is 0.599. The van der Waals surface area contributed by atoms with Gasteiger partial charge in [-0.1, -0.05) is 28.4 Å². The van der Waals surface area contributed by atoms with E-state index in [0.717, 1.165) is 23.6 Å². The molecular formula is C16H24BrN3. The van der Waals surface area contributed by atoms with Gasteiger partial charge in [-0.15, -0.1) is 0 Å². The summed E-state index contributed by atoms with van der Waals surface area (Å²) >= 11 is 3.63. The molecule has 0 amide bonds. The first-order valence-corrected chi connectivity index (χ1v) is 8.55. The number of nitrogens with zero attached hydrogens (tertiary/aromatic N) is 2. The van der Waals surface area contributed by atoms with Crippen LogP contribution in [0.15, 0.2) is 22.7 Å². The molecule has 1 aromatic rings. The number of piperidine rings is 1. The number of likely N-dealkylation sites (tertiary alicyclic amines) is 1. The molecule has 2 fully saturated rings. The third-order valence-corrected chi connectivity index (χ3v) is 5.45. The topological polar surface area (TPSA) is 32.5 Å². The summed E-state index contributed by atoms with van der Waals surface area (Å²) in [6.07, 6.45) is 5.45. The molecule has 0 aromatic heterocycles. The predicted molar refractivity (Wildman–Crippen MR) is 88.1 cm³/mol. The summed E-state index contributed by atoms with van der Waals surface area (Å²) < 4.78 is 1.14. The molecule has 1 aromatic carbocycles. The van der Waals surface area contributed by atoms with Crippen LogP contribution in [0.3, 0.4) is 0 Å². The standard InChI is InChI=1S/C16H24BrN3/c17-15-5-4-6-16(14(15)11-18)20-10-7-13(12-20)19-8-2-1-3-9-19/h4-6,13H,1-3,7-12,18H2. The van der Waals surface area contributed by atoms with Crippen LogP contribution in [0.4, 0.5) is 5.69 Å². The van der Waals surface area contributed by atoms with Gasteiger partial charge in [0.25, 0.3) is 0 Å². The molecule has 1 atom stereocenters. The second kappa shape index (κ2) is 6.46. The first kappa shape index (κ1) is 14.4. The summed E-state index contributed by atoms with van der Waals surface area (Å²) in [6.45, 7) is 5.50. The van der Waals surface area contributed by atoms with Crippen LogP contribution in [-0.2, 0) is 6.54 Å². The van der Waals surface area contributed by atoms with Crippen molar-refractivity contribution in [3.63, 3.8) is 0 Å². The van der Waals surface area contributed by atoms with E-state index in [2.05, 4.69) is 43.9 Å². The van der Waals surface area contributed by atoms with Gasteiger partial charge in [0.2, 0.25) is 0 Å². The molecule has 110 valence electrons. The summed E-state index contributed by atoms with van der Waals surface area (Å²) in [5.74, 6) is 0. The molecule has 2 heterocycles. The highest BCUT2D eigenvalue weighted by atomic mass is 79.9. The Labute approximate surface area is 130 Å². The molecule has 0 aliphatic carbocycles. The summed E-state index contributed by atoms with van der Waals surface area (Å²) in [4.78, 5) is 5.22. The molecule has 3 rings (SSSR count). The second-order valence-corrected chi connectivity index (χ2v) is 6.78. The number of benzene rings is 1. The van der Waals surface area contributed by atoms with Gasteiger partial charge in [-0.2, -0.15) is 0 Å². The van der Waals surface area contributed by atoms with E-state index in [1.165, 1.54) is 50.0 Å². The predicted octanol–water partition coefficient (Wildman–Crippen LogP) is 2.97. The Morgan fingerprint density at radius 2 is 1.95 bits per heavy atom. The van der Waals surface area contributed by atoms with Gasteiger partial charge in [0, 0.05) is 41.4 Å². The lowest BCUT2D eigenvalue weighted by atomic mass is 10.1. The van der Waals surface area contributed by atoms with Gasteiger partial charge in [0.15, 0.2) is 0 Å². The first-order chi connectivity index (χ1) is 9.79. The van der Waals surface area contributed by atoms with Crippen molar-refractivity contribution in [1.29, 1.82) is 0 Å². The Morgan fingerprint density at radius 1 is 1.15 bits per heavy atom. The number of hydrogen-bond donors (Lipinski definition) is 1. The molecule has 2 aliphatic rings. The fourth-order valence-corrected chi connectivity index (χ4v) is 4.11. The highest BCUT2D eigenvalue weighted by Crippen LogP contribution is 2.31. The van der Waals surface area contributed by atoms with Crippen molar-refractivity contribution >= 4 is 21.6 Å². The number of anilines is 1. The van der Waals surface area contributed by atoms with Crippen molar-refractivity contribution < 1.29 is 0 Å². The zero-order valence-corrected chi connectivity index (χ0v) is 13.6. The molecule has 0 saturated carbocycles. The van der Waals surface area contributed by atoms with Crippen molar-refractivity contribution in [2.75, 3.05) is 31.1 Å². The van der Waals surface area contributed by atoms with E-state index in [0.29, 0.717) is 6.54 Å². The average molecular weight is 338 g/mol. The Hall–Kier alpha value is -0.580. The Balaban J connectivity index is 1.72. The van der Waals surface area contributed by atoms with Gasteiger partial charge in [0.1, 0.15) is 0 Å². The van der Waals surface area contributed by atoms with Crippen molar-refractivity contribution in [1.82, 2.24) is 4.90 Å². The zero-order valence-electron chi connectivity index (χ0n) is 12.0. The average Bonchev–Trinajstić information content (AvgIpc) is 2.97. The lowest BCUT2D eigenvalue weighted by Gasteiger charge is -2.32.